The van der Waals surface area contributed by atoms with E-state index in [1.165, 1.54) is 0 Å². The first kappa shape index (κ1) is 25.3. The highest BCUT2D eigenvalue weighted by Gasteiger charge is 2.66. The van der Waals surface area contributed by atoms with Gasteiger partial charge in [-0.05, 0) is 8.62 Å². The minimum atomic E-state index is -5.24. The van der Waals surface area contributed by atoms with Crippen LogP contribution in [0.5, 0.6) is 0 Å². The topological polar surface area (TPSA) is 279 Å². The molecule has 1 amide bonds. The quantitative estimate of drug-likeness (QED) is 0.184. The van der Waals surface area contributed by atoms with Gasteiger partial charge in [-0.1, -0.05) is 0 Å². The summed E-state index contributed by atoms with van der Waals surface area (Å²) in [7, 11) is -15.4. The molecular formula is C11H17N3O15P3+. The van der Waals surface area contributed by atoms with E-state index in [-0.39, 0.29) is 5.56 Å². The summed E-state index contributed by atoms with van der Waals surface area (Å²) in [5.74, 6) is -0.893. The summed E-state index contributed by atoms with van der Waals surface area (Å²) in [6, 6.07) is 0. The summed E-state index contributed by atoms with van der Waals surface area (Å²) < 4.78 is 45.6. The smallest absolute Gasteiger partial charge is 0.387 e. The van der Waals surface area contributed by atoms with Crippen molar-refractivity contribution >= 4 is 29.7 Å². The average Bonchev–Trinajstić information content (AvgIpc) is 2.87. The lowest BCUT2D eigenvalue weighted by molar-refractivity contribution is -0.117. The molecule has 0 radical (unpaired) electrons. The van der Waals surface area contributed by atoms with Crippen molar-refractivity contribution < 1.29 is 61.0 Å². The number of nitrogens with two attached hydrogens (primary N) is 1. The number of H-pyrrole nitrogens is 1. The summed E-state index contributed by atoms with van der Waals surface area (Å²) in [5, 5.41) is 20.4. The monoisotopic (exact) mass is 524 g/mol. The number of hydrogen-bond acceptors (Lipinski definition) is 13. The fourth-order valence-electron chi connectivity index (χ4n) is 2.78. The van der Waals surface area contributed by atoms with E-state index >= 15 is 0 Å². The molecule has 0 aromatic carbocycles. The van der Waals surface area contributed by atoms with Crippen LogP contribution in [0.4, 0.5) is 0 Å². The fourth-order valence-corrected chi connectivity index (χ4v) is 7.78. The average molecular weight is 524 g/mol. The van der Waals surface area contributed by atoms with E-state index in [4.69, 9.17) is 15.0 Å². The Morgan fingerprint density at radius 2 is 1.81 bits per heavy atom. The van der Waals surface area contributed by atoms with Crippen LogP contribution in [0.25, 0.3) is 0 Å². The first-order valence-electron chi connectivity index (χ1n) is 8.31. The van der Waals surface area contributed by atoms with E-state index < -0.39 is 78.5 Å². The Kier molecular flexibility index (Phi) is 6.93. The largest absolute Gasteiger partial charge is 0.593 e. The number of carbonyl (C=O) groups is 1. The van der Waals surface area contributed by atoms with Gasteiger partial charge in [0, 0.05) is 11.8 Å². The molecule has 0 bridgehead atoms. The molecule has 3 unspecified atom stereocenters. The van der Waals surface area contributed by atoms with Gasteiger partial charge in [0.2, 0.25) is 5.91 Å². The van der Waals surface area contributed by atoms with Gasteiger partial charge in [-0.3, -0.25) is 28.9 Å². The van der Waals surface area contributed by atoms with Crippen LogP contribution >= 0.6 is 23.8 Å². The van der Waals surface area contributed by atoms with Crippen LogP contribution in [0.3, 0.4) is 0 Å². The Balaban J connectivity index is 1.78. The van der Waals surface area contributed by atoms with Gasteiger partial charge < -0.3 is 20.7 Å². The van der Waals surface area contributed by atoms with Crippen molar-refractivity contribution in [2.24, 2.45) is 5.73 Å². The third-order valence-corrected chi connectivity index (χ3v) is 9.47. The molecule has 0 aliphatic carbocycles. The molecule has 6 atom stereocenters. The van der Waals surface area contributed by atoms with Crippen molar-refractivity contribution in [1.82, 2.24) is 9.55 Å². The van der Waals surface area contributed by atoms with Gasteiger partial charge in [0.05, 0.1) is 6.42 Å². The summed E-state index contributed by atoms with van der Waals surface area (Å²) in [5.41, 5.74) is 2.78. The number of aliphatic hydroxyl groups is 2. The molecule has 2 fully saturated rings. The van der Waals surface area contributed by atoms with E-state index in [1.54, 1.807) is 0 Å². The van der Waals surface area contributed by atoms with Crippen LogP contribution in [0, 0.1) is 0 Å². The highest BCUT2D eigenvalue weighted by Crippen LogP contribution is 2.83. The van der Waals surface area contributed by atoms with Crippen LogP contribution in [0.2, 0.25) is 0 Å². The summed E-state index contributed by atoms with van der Waals surface area (Å²) in [6.07, 6.45) is -6.47. The Labute approximate surface area is 177 Å². The third kappa shape index (κ3) is 5.58. The lowest BCUT2D eigenvalue weighted by Gasteiger charge is -2.24. The molecule has 0 spiro atoms. The molecule has 18 nitrogen and oxygen atoms in total. The van der Waals surface area contributed by atoms with Crippen LogP contribution in [-0.4, -0.2) is 65.3 Å². The number of nitrogens with zero attached hydrogens (tertiary/aromatic N) is 1. The number of aromatic amines is 1. The third-order valence-electron chi connectivity index (χ3n) is 4.04. The maximum Gasteiger partial charge on any atom is 0.593 e. The maximum atomic E-state index is 12.1. The van der Waals surface area contributed by atoms with Gasteiger partial charge in [-0.15, -0.1) is 4.52 Å². The number of nitrogens with one attached hydrogen (secondary N) is 1. The van der Waals surface area contributed by atoms with Crippen LogP contribution in [-0.2, 0) is 42.5 Å². The maximum absolute atomic E-state index is 12.1. The van der Waals surface area contributed by atoms with Gasteiger partial charge in [-0.2, -0.15) is 9.20 Å². The molecule has 2 aliphatic rings. The van der Waals surface area contributed by atoms with Gasteiger partial charge in [0.25, 0.3) is 5.56 Å². The van der Waals surface area contributed by atoms with Crippen LogP contribution in [0.1, 0.15) is 11.8 Å². The van der Waals surface area contributed by atoms with Crippen molar-refractivity contribution in [1.29, 1.82) is 0 Å². The Bertz CT molecular complexity index is 1090. The van der Waals surface area contributed by atoms with Crippen molar-refractivity contribution in [3.63, 3.8) is 0 Å². The zero-order valence-electron chi connectivity index (χ0n) is 15.5. The fraction of sp³-hybridized carbons (Fsp3) is 0.545. The number of rotatable bonds is 6. The standard InChI is InChI=1S/C11H16N3O15P3/c12-6(15)1-4-2-14(11(19)13-9(4)18)10-8(17)7(16)5(26-10)3-25-32(24)28-30(20,21)27-31(22,23)29-32/h2,5,7-8,10,16-17,24H,1,3H2,(H4-,12,13,15,18,19,20,21,22,23)/p+1/t5-,7?,8+,10-/m1/s1. The molecule has 32 heavy (non-hydrogen) atoms. The van der Waals surface area contributed by atoms with Crippen molar-refractivity contribution in [2.45, 2.75) is 31.0 Å². The highest BCUT2D eigenvalue weighted by molar-refractivity contribution is 7.77. The number of amides is 1. The Hall–Kier alpha value is -1.36. The lowest BCUT2D eigenvalue weighted by Crippen LogP contribution is -2.39. The van der Waals surface area contributed by atoms with Gasteiger partial charge in [0.1, 0.15) is 24.9 Å². The minimum Gasteiger partial charge on any atom is -0.387 e. The highest BCUT2D eigenvalue weighted by atomic mass is 31.3. The summed E-state index contributed by atoms with van der Waals surface area (Å²) >= 11 is 0. The number of ether oxygens (including phenoxy) is 1. The zero-order valence-corrected chi connectivity index (χ0v) is 18.2. The molecule has 0 saturated carbocycles. The van der Waals surface area contributed by atoms with E-state index in [1.807, 2.05) is 4.98 Å². The number of aliphatic hydroxyl groups excluding tert-OH is 2. The molecule has 2 saturated heterocycles. The second kappa shape index (κ2) is 8.77. The predicted octanol–water partition coefficient (Wildman–Crippen LogP) is -2.87. The van der Waals surface area contributed by atoms with Crippen LogP contribution in [0.15, 0.2) is 15.8 Å². The number of aromatic nitrogens is 2. The summed E-state index contributed by atoms with van der Waals surface area (Å²) in [4.78, 5) is 65.3. The molecule has 21 heteroatoms. The molecule has 3 rings (SSSR count). The molecule has 1 aromatic rings. The molecule has 180 valence electrons. The van der Waals surface area contributed by atoms with Crippen LogP contribution < -0.4 is 17.0 Å². The molecule has 2 aliphatic heterocycles. The van der Waals surface area contributed by atoms with Crippen molar-refractivity contribution in [3.8, 4) is 0 Å². The number of primary amides is 1. The van der Waals surface area contributed by atoms with E-state index in [2.05, 4.69) is 12.9 Å². The number of hydrogen-bond donors (Lipinski definition) is 7. The molecule has 3 heterocycles. The molecule has 1 aromatic heterocycles. The zero-order chi connectivity index (χ0) is 24.1. The second-order valence-corrected chi connectivity index (χ2v) is 11.5. The van der Waals surface area contributed by atoms with Crippen molar-refractivity contribution in [3.05, 3.63) is 32.6 Å². The lowest BCUT2D eigenvalue weighted by atomic mass is 10.1. The van der Waals surface area contributed by atoms with Gasteiger partial charge in [0.15, 0.2) is 6.23 Å². The number of phosphoric acid groups is 2. The predicted molar refractivity (Wildman–Crippen MR) is 98.1 cm³/mol. The molecule has 8 N–H and O–H groups in total. The number of carbonyl (C=O) groups excluding carboxylic acids is 1. The minimum absolute atomic E-state index is 0.247. The van der Waals surface area contributed by atoms with E-state index in [9.17, 15) is 48.4 Å². The van der Waals surface area contributed by atoms with Gasteiger partial charge >= 0.3 is 29.5 Å². The van der Waals surface area contributed by atoms with E-state index in [0.717, 1.165) is 6.20 Å². The van der Waals surface area contributed by atoms with E-state index in [0.29, 0.717) is 4.57 Å². The summed E-state index contributed by atoms with van der Waals surface area (Å²) in [6.45, 7) is -0.939. The normalized spacial score (nSPS) is 39.8. The first-order valence-corrected chi connectivity index (χ1v) is 12.8. The Morgan fingerprint density at radius 3 is 2.38 bits per heavy atom. The van der Waals surface area contributed by atoms with Crippen molar-refractivity contribution in [2.75, 3.05) is 6.61 Å². The van der Waals surface area contributed by atoms with Gasteiger partial charge in [-0.25, -0.2) is 13.9 Å². The molecular weight excluding hydrogens is 507 g/mol. The SMILES string of the molecule is NC(=O)Cc1cn([C@@H]2O[C@H](CO[P+]3(O)OP(=O)(O)OP(=O)(O)O3)C(O)[C@@H]2O)c(=O)[nH]c1=O. The second-order valence-electron chi connectivity index (χ2n) is 6.46. The Morgan fingerprint density at radius 1 is 1.22 bits per heavy atom. The first-order chi connectivity index (χ1) is 14.6.